The monoisotopic (exact) mass is 218 g/mol. The van der Waals surface area contributed by atoms with Crippen LogP contribution in [0.5, 0.6) is 0 Å². The Kier molecular flexibility index (Phi) is 4.51. The molecule has 0 aliphatic rings. The van der Waals surface area contributed by atoms with Crippen LogP contribution in [-0.4, -0.2) is 0 Å². The molecule has 1 aromatic carbocycles. The first-order valence-electron chi connectivity index (χ1n) is 4.12. The van der Waals surface area contributed by atoms with Crippen LogP contribution >= 0.6 is 18.6 Å². The molecule has 0 saturated carbocycles. The van der Waals surface area contributed by atoms with Gasteiger partial charge in [0, 0.05) is 0 Å². The van der Waals surface area contributed by atoms with Crippen LogP contribution in [-0.2, 0) is 22.1 Å². The first-order valence-corrected chi connectivity index (χ1v) is 6.45. The van der Waals surface area contributed by atoms with Crippen molar-refractivity contribution >= 4 is 18.6 Å². The van der Waals surface area contributed by atoms with Gasteiger partial charge in [-0.2, -0.15) is 0 Å². The Balaban J connectivity index is 2.54. The van der Waals surface area contributed by atoms with Crippen molar-refractivity contribution in [3.8, 4) is 0 Å². The van der Waals surface area contributed by atoms with Crippen LogP contribution in [0.15, 0.2) is 24.3 Å². The van der Waals surface area contributed by atoms with E-state index in [4.69, 9.17) is 15.8 Å². The summed E-state index contributed by atoms with van der Waals surface area (Å²) < 4.78 is 15.3. The Morgan fingerprint density at radius 2 is 1.85 bits per heavy atom. The third kappa shape index (κ3) is 3.95. The van der Waals surface area contributed by atoms with Gasteiger partial charge in [-0.15, -0.1) is 0 Å². The van der Waals surface area contributed by atoms with Crippen molar-refractivity contribution in [3.05, 3.63) is 35.4 Å². The second kappa shape index (κ2) is 5.43. The fourth-order valence-corrected chi connectivity index (χ4v) is 1.46. The molecule has 13 heavy (non-hydrogen) atoms. The van der Waals surface area contributed by atoms with Crippen molar-refractivity contribution in [2.45, 2.75) is 20.0 Å². The zero-order valence-corrected chi connectivity index (χ0v) is 9.17. The van der Waals surface area contributed by atoms with Crippen molar-refractivity contribution in [3.63, 3.8) is 0 Å². The second-order valence-corrected chi connectivity index (χ2v) is 4.39. The topological polar surface area (TPSA) is 26.3 Å². The molecule has 1 rings (SSSR count). The number of aryl methyl sites for hydroxylation is 1. The van der Waals surface area contributed by atoms with E-state index in [1.165, 1.54) is 5.56 Å². The van der Waals surface area contributed by atoms with Gasteiger partial charge in [0.25, 0.3) is 7.38 Å². The van der Waals surface area contributed by atoms with E-state index >= 15 is 0 Å². The predicted octanol–water partition coefficient (Wildman–Crippen LogP) is 3.39. The zero-order valence-electron chi connectivity index (χ0n) is 7.42. The predicted molar refractivity (Wildman–Crippen MR) is 55.5 cm³/mol. The van der Waals surface area contributed by atoms with E-state index in [1.807, 2.05) is 24.3 Å². The zero-order chi connectivity index (χ0) is 9.68. The molecule has 1 aromatic rings. The van der Waals surface area contributed by atoms with E-state index in [2.05, 4.69) is 6.92 Å². The lowest BCUT2D eigenvalue weighted by Gasteiger charge is -2.01. The molecule has 0 spiro atoms. The Morgan fingerprint density at radius 3 is 2.31 bits per heavy atom. The quantitative estimate of drug-likeness (QED) is 0.724. The molecule has 1 atom stereocenters. The van der Waals surface area contributed by atoms with E-state index in [1.54, 1.807) is 0 Å². The Labute approximate surface area is 83.5 Å². The summed E-state index contributed by atoms with van der Waals surface area (Å²) in [6, 6.07) is 7.98. The summed E-state index contributed by atoms with van der Waals surface area (Å²) in [6.07, 6.45) is 1.02. The van der Waals surface area contributed by atoms with Crippen LogP contribution < -0.4 is 0 Å². The van der Waals surface area contributed by atoms with Gasteiger partial charge in [-0.05, 0) is 28.8 Å². The highest BCUT2D eigenvalue weighted by Crippen LogP contribution is 2.29. The van der Waals surface area contributed by atoms with Crippen molar-refractivity contribution in [1.82, 2.24) is 0 Å². The molecule has 0 aromatic heterocycles. The van der Waals surface area contributed by atoms with Gasteiger partial charge >= 0.3 is 0 Å². The highest BCUT2D eigenvalue weighted by Gasteiger charge is 1.96. The molecule has 72 valence electrons. The summed E-state index contributed by atoms with van der Waals surface area (Å²) >= 11 is 5.21. The van der Waals surface area contributed by atoms with Crippen molar-refractivity contribution in [2.24, 2.45) is 0 Å². The molecule has 0 heterocycles. The maximum absolute atomic E-state index is 10.5. The molecule has 0 aliphatic heterocycles. The van der Waals surface area contributed by atoms with Crippen molar-refractivity contribution in [1.29, 1.82) is 0 Å². The Hall–Kier alpha value is -0.300. The molecule has 4 heteroatoms. The van der Waals surface area contributed by atoms with Gasteiger partial charge in [-0.3, -0.25) is 4.57 Å². The maximum atomic E-state index is 10.5. The molecule has 1 unspecified atom stereocenters. The summed E-state index contributed by atoms with van der Waals surface area (Å²) in [6.45, 7) is 2.42. The van der Waals surface area contributed by atoms with E-state index in [9.17, 15) is 4.57 Å². The molecular formula is C9H12ClO2P. The van der Waals surface area contributed by atoms with Gasteiger partial charge in [-0.25, -0.2) is 0 Å². The molecular weight excluding hydrogens is 207 g/mol. The maximum Gasteiger partial charge on any atom is 0.279 e. The molecule has 0 bridgehead atoms. The lowest BCUT2D eigenvalue weighted by atomic mass is 10.1. The minimum absolute atomic E-state index is 0.325. The first-order chi connectivity index (χ1) is 6.22. The molecule has 0 amide bonds. The lowest BCUT2D eigenvalue weighted by Crippen LogP contribution is -1.86. The van der Waals surface area contributed by atoms with Crippen LogP contribution in [0, 0.1) is 0 Å². The Morgan fingerprint density at radius 1 is 1.31 bits per heavy atom. The van der Waals surface area contributed by atoms with Crippen LogP contribution in [0.2, 0.25) is 0 Å². The van der Waals surface area contributed by atoms with Gasteiger partial charge in [0.05, 0.1) is 6.61 Å². The van der Waals surface area contributed by atoms with Crippen LogP contribution in [0.1, 0.15) is 18.1 Å². The fraction of sp³-hybridized carbons (Fsp3) is 0.333. The highest BCUT2D eigenvalue weighted by atomic mass is 35.7. The summed E-state index contributed by atoms with van der Waals surface area (Å²) in [5.41, 5.74) is 2.28. The SMILES string of the molecule is CCc1ccc(CO[PH](=O)Cl)cc1. The van der Waals surface area contributed by atoms with E-state index in [-0.39, 0.29) is 0 Å². The largest absolute Gasteiger partial charge is 0.315 e. The van der Waals surface area contributed by atoms with E-state index in [0.29, 0.717) is 6.61 Å². The number of halogens is 1. The molecule has 0 saturated heterocycles. The molecule has 2 nitrogen and oxygen atoms in total. The third-order valence-electron chi connectivity index (χ3n) is 1.78. The van der Waals surface area contributed by atoms with Gasteiger partial charge in [0.2, 0.25) is 0 Å². The lowest BCUT2D eigenvalue weighted by molar-refractivity contribution is 0.328. The number of hydrogen-bond donors (Lipinski definition) is 0. The minimum atomic E-state index is -2.33. The fourth-order valence-electron chi connectivity index (χ4n) is 1.01. The van der Waals surface area contributed by atoms with Gasteiger partial charge in [0.15, 0.2) is 0 Å². The number of hydrogen-bond acceptors (Lipinski definition) is 2. The third-order valence-corrected chi connectivity index (χ3v) is 2.48. The normalized spacial score (nSPS) is 12.8. The average molecular weight is 219 g/mol. The number of rotatable bonds is 4. The number of benzene rings is 1. The first kappa shape index (κ1) is 10.8. The summed E-state index contributed by atoms with van der Waals surface area (Å²) in [5, 5.41) is 0. The Bertz CT molecular complexity index is 284. The summed E-state index contributed by atoms with van der Waals surface area (Å²) in [4.78, 5) is 0. The summed E-state index contributed by atoms with van der Waals surface area (Å²) in [7, 11) is -2.33. The second-order valence-electron chi connectivity index (χ2n) is 2.70. The average Bonchev–Trinajstić information content (AvgIpc) is 2.15. The van der Waals surface area contributed by atoms with E-state index < -0.39 is 7.38 Å². The van der Waals surface area contributed by atoms with Crippen LogP contribution in [0.4, 0.5) is 0 Å². The molecule has 0 N–H and O–H groups in total. The van der Waals surface area contributed by atoms with Crippen LogP contribution in [0.25, 0.3) is 0 Å². The van der Waals surface area contributed by atoms with Crippen LogP contribution in [0.3, 0.4) is 0 Å². The molecule has 0 fully saturated rings. The minimum Gasteiger partial charge on any atom is -0.315 e. The van der Waals surface area contributed by atoms with Crippen molar-refractivity contribution in [2.75, 3.05) is 0 Å². The summed E-state index contributed by atoms with van der Waals surface area (Å²) in [5.74, 6) is 0. The standard InChI is InChI=1S/C9H12ClO2P/c1-2-8-3-5-9(6-4-8)7-12-13(10)11/h3-6,13H,2,7H2,1H3. The van der Waals surface area contributed by atoms with E-state index in [0.717, 1.165) is 12.0 Å². The smallest absolute Gasteiger partial charge is 0.279 e. The molecule has 0 radical (unpaired) electrons. The highest BCUT2D eigenvalue weighted by molar-refractivity contribution is 7.69. The van der Waals surface area contributed by atoms with Gasteiger partial charge < -0.3 is 4.52 Å². The molecule has 0 aliphatic carbocycles. The van der Waals surface area contributed by atoms with Gasteiger partial charge in [-0.1, -0.05) is 31.2 Å². The van der Waals surface area contributed by atoms with Crippen molar-refractivity contribution < 1.29 is 9.09 Å². The van der Waals surface area contributed by atoms with Gasteiger partial charge in [0.1, 0.15) is 0 Å².